The van der Waals surface area contributed by atoms with Crippen molar-refractivity contribution in [2.75, 3.05) is 19.1 Å². The van der Waals surface area contributed by atoms with E-state index in [4.69, 9.17) is 16.3 Å². The normalized spacial score (nSPS) is 10.5. The van der Waals surface area contributed by atoms with E-state index in [1.165, 1.54) is 18.4 Å². The van der Waals surface area contributed by atoms with Crippen molar-refractivity contribution in [2.24, 2.45) is 0 Å². The van der Waals surface area contributed by atoms with Crippen molar-refractivity contribution in [1.82, 2.24) is 4.98 Å². The van der Waals surface area contributed by atoms with Gasteiger partial charge in [0.2, 0.25) is 0 Å². The van der Waals surface area contributed by atoms with Crippen LogP contribution in [0.2, 0.25) is 4.34 Å². The summed E-state index contributed by atoms with van der Waals surface area (Å²) in [5.41, 5.74) is 0.697. The standard InChI is InChI=1S/C12H13ClN2O2S2/c1-7-10(11(16)17-3)19-12(14-7)15(2)6-8-4-5-9(13)18-8/h4-5H,6H2,1-3H3. The highest BCUT2D eigenvalue weighted by atomic mass is 35.5. The lowest BCUT2D eigenvalue weighted by Crippen LogP contribution is -2.15. The Balaban J connectivity index is 2.15. The quantitative estimate of drug-likeness (QED) is 0.808. The summed E-state index contributed by atoms with van der Waals surface area (Å²) >= 11 is 8.79. The molecule has 0 saturated heterocycles. The molecule has 0 aliphatic heterocycles. The number of thiophene rings is 1. The van der Waals surface area contributed by atoms with Crippen LogP contribution in [0.4, 0.5) is 5.13 Å². The van der Waals surface area contributed by atoms with Gasteiger partial charge in [-0.25, -0.2) is 9.78 Å². The number of hydrogen-bond acceptors (Lipinski definition) is 6. The first kappa shape index (κ1) is 14.3. The summed E-state index contributed by atoms with van der Waals surface area (Å²) in [6.45, 7) is 2.52. The maximum Gasteiger partial charge on any atom is 0.350 e. The van der Waals surface area contributed by atoms with E-state index < -0.39 is 0 Å². The average Bonchev–Trinajstić information content (AvgIpc) is 2.95. The molecule has 0 fully saturated rings. The van der Waals surface area contributed by atoms with E-state index in [1.54, 1.807) is 11.3 Å². The van der Waals surface area contributed by atoms with E-state index in [0.29, 0.717) is 17.1 Å². The van der Waals surface area contributed by atoms with Gasteiger partial charge in [-0.1, -0.05) is 22.9 Å². The second-order valence-electron chi connectivity index (χ2n) is 3.96. The Bertz CT molecular complexity index is 594. The first-order chi connectivity index (χ1) is 9.01. The highest BCUT2D eigenvalue weighted by molar-refractivity contribution is 7.17. The van der Waals surface area contributed by atoms with Crippen molar-refractivity contribution in [3.05, 3.63) is 31.9 Å². The van der Waals surface area contributed by atoms with Crippen molar-refractivity contribution in [3.8, 4) is 0 Å². The minimum absolute atomic E-state index is 0.339. The number of nitrogens with zero attached hydrogens (tertiary/aromatic N) is 2. The number of hydrogen-bond donors (Lipinski definition) is 0. The van der Waals surface area contributed by atoms with Crippen LogP contribution in [0, 0.1) is 6.92 Å². The van der Waals surface area contributed by atoms with Crippen LogP contribution in [-0.2, 0) is 11.3 Å². The Labute approximate surface area is 124 Å². The van der Waals surface area contributed by atoms with Crippen molar-refractivity contribution in [1.29, 1.82) is 0 Å². The zero-order chi connectivity index (χ0) is 14.0. The van der Waals surface area contributed by atoms with Gasteiger partial charge in [-0.3, -0.25) is 0 Å². The number of halogens is 1. The molecule has 0 N–H and O–H groups in total. The van der Waals surface area contributed by atoms with Gasteiger partial charge in [-0.15, -0.1) is 11.3 Å². The summed E-state index contributed by atoms with van der Waals surface area (Å²) in [5, 5.41) is 0.794. The molecule has 2 aromatic heterocycles. The van der Waals surface area contributed by atoms with Gasteiger partial charge in [0, 0.05) is 11.9 Å². The Kier molecular flexibility index (Phi) is 4.44. The number of aromatic nitrogens is 1. The number of aryl methyl sites for hydroxylation is 1. The van der Waals surface area contributed by atoms with Gasteiger partial charge in [-0.2, -0.15) is 0 Å². The van der Waals surface area contributed by atoms with Crippen molar-refractivity contribution >= 4 is 45.4 Å². The third-order valence-corrected chi connectivity index (χ3v) is 4.97. The van der Waals surface area contributed by atoms with Gasteiger partial charge in [-0.05, 0) is 19.1 Å². The smallest absolute Gasteiger partial charge is 0.350 e. The summed E-state index contributed by atoms with van der Waals surface area (Å²) in [5.74, 6) is -0.339. The minimum Gasteiger partial charge on any atom is -0.465 e. The fourth-order valence-corrected chi connectivity index (χ4v) is 3.65. The summed E-state index contributed by atoms with van der Waals surface area (Å²) in [6, 6.07) is 3.87. The first-order valence-corrected chi connectivity index (χ1v) is 7.53. The highest BCUT2D eigenvalue weighted by Gasteiger charge is 2.18. The zero-order valence-corrected chi connectivity index (χ0v) is 13.2. The molecule has 102 valence electrons. The summed E-state index contributed by atoms with van der Waals surface area (Å²) < 4.78 is 5.50. The second-order valence-corrected chi connectivity index (χ2v) is 6.74. The predicted octanol–water partition coefficient (Wildman–Crippen LogP) is 3.59. The molecule has 4 nitrogen and oxygen atoms in total. The molecule has 2 aromatic rings. The van der Waals surface area contributed by atoms with Gasteiger partial charge < -0.3 is 9.64 Å². The number of esters is 1. The van der Waals surface area contributed by atoms with E-state index in [9.17, 15) is 4.79 Å². The zero-order valence-electron chi connectivity index (χ0n) is 10.8. The Morgan fingerprint density at radius 2 is 2.21 bits per heavy atom. The van der Waals surface area contributed by atoms with Crippen LogP contribution in [0.25, 0.3) is 0 Å². The second kappa shape index (κ2) is 5.90. The molecule has 2 heterocycles. The molecule has 7 heteroatoms. The van der Waals surface area contributed by atoms with Gasteiger partial charge in [0.05, 0.1) is 23.7 Å². The van der Waals surface area contributed by atoms with E-state index in [-0.39, 0.29) is 5.97 Å². The lowest BCUT2D eigenvalue weighted by Gasteiger charge is -2.13. The molecule has 0 bridgehead atoms. The third-order valence-electron chi connectivity index (χ3n) is 2.50. The Hall–Kier alpha value is -1.11. The monoisotopic (exact) mass is 316 g/mol. The average molecular weight is 317 g/mol. The third kappa shape index (κ3) is 3.26. The van der Waals surface area contributed by atoms with Gasteiger partial charge in [0.25, 0.3) is 0 Å². The molecular weight excluding hydrogens is 304 g/mol. The number of carbonyl (C=O) groups is 1. The fourth-order valence-electron chi connectivity index (χ4n) is 1.57. The number of methoxy groups -OCH3 is 1. The number of anilines is 1. The first-order valence-electron chi connectivity index (χ1n) is 5.52. The lowest BCUT2D eigenvalue weighted by molar-refractivity contribution is 0.0605. The molecular formula is C12H13ClN2O2S2. The Morgan fingerprint density at radius 3 is 2.79 bits per heavy atom. The van der Waals surface area contributed by atoms with Crippen LogP contribution in [-0.4, -0.2) is 25.1 Å². The fraction of sp³-hybridized carbons (Fsp3) is 0.333. The molecule has 0 saturated carbocycles. The Morgan fingerprint density at radius 1 is 1.47 bits per heavy atom. The van der Waals surface area contributed by atoms with E-state index >= 15 is 0 Å². The molecule has 0 aliphatic rings. The maximum atomic E-state index is 11.5. The molecule has 0 aliphatic carbocycles. The van der Waals surface area contributed by atoms with Gasteiger partial charge in [0.1, 0.15) is 4.88 Å². The van der Waals surface area contributed by atoms with E-state index in [0.717, 1.165) is 14.3 Å². The summed E-state index contributed by atoms with van der Waals surface area (Å²) in [4.78, 5) is 19.6. The molecule has 0 spiro atoms. The van der Waals surface area contributed by atoms with Crippen LogP contribution in [0.1, 0.15) is 20.2 Å². The number of rotatable bonds is 4. The molecule has 19 heavy (non-hydrogen) atoms. The van der Waals surface area contributed by atoms with Crippen molar-refractivity contribution < 1.29 is 9.53 Å². The van der Waals surface area contributed by atoms with Crippen LogP contribution in [0.15, 0.2) is 12.1 Å². The molecule has 2 rings (SSSR count). The van der Waals surface area contributed by atoms with Gasteiger partial charge in [0.15, 0.2) is 5.13 Å². The number of ether oxygens (including phenoxy) is 1. The van der Waals surface area contributed by atoms with E-state index in [2.05, 4.69) is 4.98 Å². The number of carbonyl (C=O) groups excluding carboxylic acids is 1. The van der Waals surface area contributed by atoms with Crippen molar-refractivity contribution in [2.45, 2.75) is 13.5 Å². The maximum absolute atomic E-state index is 11.5. The van der Waals surface area contributed by atoms with E-state index in [1.807, 2.05) is 31.0 Å². The largest absolute Gasteiger partial charge is 0.465 e. The highest BCUT2D eigenvalue weighted by Crippen LogP contribution is 2.29. The SMILES string of the molecule is COC(=O)c1sc(N(C)Cc2ccc(Cl)s2)nc1C. The molecule has 0 aromatic carbocycles. The topological polar surface area (TPSA) is 42.4 Å². The summed E-state index contributed by atoms with van der Waals surface area (Å²) in [7, 11) is 3.31. The van der Waals surface area contributed by atoms with Crippen molar-refractivity contribution in [3.63, 3.8) is 0 Å². The molecule has 0 radical (unpaired) electrons. The molecule has 0 atom stereocenters. The molecule has 0 unspecified atom stereocenters. The lowest BCUT2D eigenvalue weighted by atomic mass is 10.4. The summed E-state index contributed by atoms with van der Waals surface area (Å²) in [6.07, 6.45) is 0. The van der Waals surface area contributed by atoms with Crippen LogP contribution < -0.4 is 4.90 Å². The van der Waals surface area contributed by atoms with Gasteiger partial charge >= 0.3 is 5.97 Å². The van der Waals surface area contributed by atoms with Crippen LogP contribution in [0.3, 0.4) is 0 Å². The number of thiazole rings is 1. The van der Waals surface area contributed by atoms with Crippen LogP contribution >= 0.6 is 34.3 Å². The van der Waals surface area contributed by atoms with Crippen LogP contribution in [0.5, 0.6) is 0 Å². The molecule has 0 amide bonds. The predicted molar refractivity (Wildman–Crippen MR) is 79.6 cm³/mol. The minimum atomic E-state index is -0.339.